The highest BCUT2D eigenvalue weighted by Gasteiger charge is 2.26. The van der Waals surface area contributed by atoms with E-state index in [1.165, 1.54) is 27.5 Å². The van der Waals surface area contributed by atoms with Gasteiger partial charge >= 0.3 is 0 Å². The van der Waals surface area contributed by atoms with Gasteiger partial charge in [-0.2, -0.15) is 5.26 Å². The number of nitriles is 1. The van der Waals surface area contributed by atoms with E-state index < -0.39 is 0 Å². The van der Waals surface area contributed by atoms with Crippen LogP contribution in [0.3, 0.4) is 0 Å². The number of nitrogens with zero attached hydrogens (tertiary/aromatic N) is 3. The van der Waals surface area contributed by atoms with Gasteiger partial charge in [0.05, 0.1) is 10.9 Å². The predicted molar refractivity (Wildman–Crippen MR) is 114 cm³/mol. The van der Waals surface area contributed by atoms with Gasteiger partial charge in [-0.15, -0.1) is 0 Å². The quantitative estimate of drug-likeness (QED) is 0.426. The van der Waals surface area contributed by atoms with Gasteiger partial charge in [0.1, 0.15) is 6.07 Å². The van der Waals surface area contributed by atoms with Crippen molar-refractivity contribution < 1.29 is 4.68 Å². The average Bonchev–Trinajstić information content (AvgIpc) is 2.67. The number of hydrogen-bond donors (Lipinski definition) is 0. The molecule has 0 amide bonds. The predicted octanol–water partition coefficient (Wildman–Crippen LogP) is 5.36. The summed E-state index contributed by atoms with van der Waals surface area (Å²) in [5, 5.41) is 18.6. The Labute approximate surface area is 165 Å². The van der Waals surface area contributed by atoms with Gasteiger partial charge in [-0.25, -0.2) is 0 Å². The van der Waals surface area contributed by atoms with E-state index in [9.17, 15) is 5.26 Å². The van der Waals surface area contributed by atoms with Crippen molar-refractivity contribution in [1.82, 2.24) is 5.10 Å². The maximum Gasteiger partial charge on any atom is 0.247 e. The van der Waals surface area contributed by atoms with E-state index in [4.69, 9.17) is 0 Å². The Balaban J connectivity index is 2.19. The summed E-state index contributed by atoms with van der Waals surface area (Å²) in [6.07, 6.45) is 0. The molecule has 28 heavy (non-hydrogen) atoms. The lowest BCUT2D eigenvalue weighted by Gasteiger charge is -2.24. The molecule has 3 nitrogen and oxygen atoms in total. The normalized spacial score (nSPS) is 11.7. The molecule has 3 aromatic carbocycles. The van der Waals surface area contributed by atoms with Crippen LogP contribution in [0.5, 0.6) is 0 Å². The molecule has 0 atom stereocenters. The second-order valence-electron chi connectivity index (χ2n) is 8.37. The smallest absolute Gasteiger partial charge is 0.190 e. The van der Waals surface area contributed by atoms with E-state index >= 15 is 0 Å². The first-order valence-electron chi connectivity index (χ1n) is 9.55. The fraction of sp³-hybridized carbons (Fsp3) is 0.240. The minimum absolute atomic E-state index is 0.0104. The van der Waals surface area contributed by atoms with Crippen molar-refractivity contribution in [2.45, 2.75) is 33.1 Å². The highest BCUT2D eigenvalue weighted by Crippen LogP contribution is 2.38. The molecule has 4 aromatic rings. The zero-order valence-corrected chi connectivity index (χ0v) is 17.0. The van der Waals surface area contributed by atoms with Crippen LogP contribution in [0, 0.1) is 18.3 Å². The van der Waals surface area contributed by atoms with Gasteiger partial charge in [-0.1, -0.05) is 67.9 Å². The van der Waals surface area contributed by atoms with Crippen molar-refractivity contribution in [2.75, 3.05) is 0 Å². The summed E-state index contributed by atoms with van der Waals surface area (Å²) in [7, 11) is 1.92. The molecule has 1 aromatic heterocycles. The van der Waals surface area contributed by atoms with E-state index in [0.29, 0.717) is 5.69 Å². The number of aromatic nitrogens is 2. The van der Waals surface area contributed by atoms with Gasteiger partial charge in [0.25, 0.3) is 0 Å². The number of rotatable bonds is 1. The van der Waals surface area contributed by atoms with Crippen molar-refractivity contribution in [3.05, 3.63) is 71.4 Å². The molecular weight excluding hydrogens is 342 g/mol. The van der Waals surface area contributed by atoms with Crippen LogP contribution in [0.15, 0.2) is 54.6 Å². The number of aryl methyl sites for hydroxylation is 2. The summed E-state index contributed by atoms with van der Waals surface area (Å²) in [5.41, 5.74) is 5.23. The van der Waals surface area contributed by atoms with Crippen LogP contribution in [0.4, 0.5) is 0 Å². The molecule has 0 fully saturated rings. The lowest BCUT2D eigenvalue weighted by molar-refractivity contribution is -0.719. The molecule has 4 rings (SSSR count). The first kappa shape index (κ1) is 18.1. The molecule has 0 saturated carbocycles. The van der Waals surface area contributed by atoms with Crippen molar-refractivity contribution >= 4 is 21.5 Å². The maximum absolute atomic E-state index is 9.54. The van der Waals surface area contributed by atoms with E-state index in [0.717, 1.165) is 16.5 Å². The molecule has 0 bridgehead atoms. The van der Waals surface area contributed by atoms with Crippen LogP contribution in [0.1, 0.15) is 37.6 Å². The van der Waals surface area contributed by atoms with Crippen molar-refractivity contribution in [3.8, 4) is 17.3 Å². The van der Waals surface area contributed by atoms with Crippen molar-refractivity contribution in [3.63, 3.8) is 0 Å². The highest BCUT2D eigenvalue weighted by molar-refractivity contribution is 6.00. The summed E-state index contributed by atoms with van der Waals surface area (Å²) >= 11 is 0. The Morgan fingerprint density at radius 2 is 1.46 bits per heavy atom. The fourth-order valence-corrected chi connectivity index (χ4v) is 4.11. The lowest BCUT2D eigenvalue weighted by Crippen LogP contribution is -2.37. The van der Waals surface area contributed by atoms with Gasteiger partial charge < -0.3 is 0 Å². The molecular formula is C25H24N3+. The monoisotopic (exact) mass is 366 g/mol. The summed E-state index contributed by atoms with van der Waals surface area (Å²) in [6.45, 7) is 8.94. The van der Waals surface area contributed by atoms with Crippen molar-refractivity contribution in [1.29, 1.82) is 5.26 Å². The molecule has 0 aliphatic heterocycles. The van der Waals surface area contributed by atoms with Crippen LogP contribution in [-0.4, -0.2) is 5.10 Å². The summed E-state index contributed by atoms with van der Waals surface area (Å²) in [6, 6.07) is 21.2. The molecule has 0 N–H and O–H groups in total. The number of benzene rings is 3. The van der Waals surface area contributed by atoms with E-state index in [-0.39, 0.29) is 5.41 Å². The van der Waals surface area contributed by atoms with Gasteiger partial charge in [-0.3, -0.25) is 0 Å². The topological polar surface area (TPSA) is 40.6 Å². The summed E-state index contributed by atoms with van der Waals surface area (Å²) in [5.74, 6) is 0. The zero-order valence-electron chi connectivity index (χ0n) is 17.0. The SMILES string of the molecule is Cc1c(-c2c3ccccc3c(C#N)n[n+]2C)cc(C(C)(C)C)c2ccccc12. The van der Waals surface area contributed by atoms with Gasteiger partial charge in [-0.05, 0) is 46.4 Å². The summed E-state index contributed by atoms with van der Waals surface area (Å²) < 4.78 is 1.85. The Kier molecular flexibility index (Phi) is 4.16. The molecule has 1 heterocycles. The van der Waals surface area contributed by atoms with Crippen LogP contribution >= 0.6 is 0 Å². The third-order valence-corrected chi connectivity index (χ3v) is 5.49. The number of fused-ring (bicyclic) bond motifs is 2. The van der Waals surface area contributed by atoms with E-state index in [1.807, 2.05) is 29.9 Å². The first-order chi connectivity index (χ1) is 13.3. The Morgan fingerprint density at radius 3 is 2.07 bits per heavy atom. The second-order valence-corrected chi connectivity index (χ2v) is 8.37. The zero-order chi connectivity index (χ0) is 20.1. The van der Waals surface area contributed by atoms with E-state index in [1.54, 1.807) is 0 Å². The van der Waals surface area contributed by atoms with Crippen LogP contribution in [-0.2, 0) is 12.5 Å². The third kappa shape index (κ3) is 2.73. The van der Waals surface area contributed by atoms with Gasteiger partial charge in [0.2, 0.25) is 11.4 Å². The Hall–Kier alpha value is -3.25. The van der Waals surface area contributed by atoms with Gasteiger partial charge in [0, 0.05) is 10.5 Å². The third-order valence-electron chi connectivity index (χ3n) is 5.49. The second kappa shape index (κ2) is 6.42. The minimum atomic E-state index is 0.0104. The molecule has 0 radical (unpaired) electrons. The largest absolute Gasteiger partial charge is 0.247 e. The van der Waals surface area contributed by atoms with Crippen LogP contribution < -0.4 is 4.68 Å². The standard InChI is InChI=1S/C25H24N3/c1-16-17-10-6-7-11-18(17)22(25(2,3)4)14-21(16)24-20-13-9-8-12-19(20)23(15-26)27-28(24)5/h6-14H,1-5H3/q+1. The highest BCUT2D eigenvalue weighted by atomic mass is 15.3. The van der Waals surface area contributed by atoms with Crippen LogP contribution in [0.2, 0.25) is 0 Å². The molecule has 0 spiro atoms. The Bertz CT molecular complexity index is 1270. The Morgan fingerprint density at radius 1 is 0.893 bits per heavy atom. The molecule has 0 saturated heterocycles. The van der Waals surface area contributed by atoms with Crippen LogP contribution in [0.25, 0.3) is 32.8 Å². The van der Waals surface area contributed by atoms with Crippen molar-refractivity contribution in [2.24, 2.45) is 7.05 Å². The van der Waals surface area contributed by atoms with E-state index in [2.05, 4.69) is 75.3 Å². The molecule has 138 valence electrons. The fourth-order valence-electron chi connectivity index (χ4n) is 4.11. The summed E-state index contributed by atoms with van der Waals surface area (Å²) in [4.78, 5) is 0. The minimum Gasteiger partial charge on any atom is -0.190 e. The van der Waals surface area contributed by atoms with Gasteiger partial charge in [0.15, 0.2) is 7.05 Å². The maximum atomic E-state index is 9.54. The molecule has 0 aliphatic rings. The molecule has 3 heteroatoms. The lowest BCUT2D eigenvalue weighted by atomic mass is 9.80. The number of hydrogen-bond acceptors (Lipinski definition) is 2. The molecule has 0 aliphatic carbocycles. The first-order valence-corrected chi connectivity index (χ1v) is 9.55. The average molecular weight is 366 g/mol. The molecule has 0 unspecified atom stereocenters.